The number of para-hydroxylation sites is 1. The standard InChI is InChI=1S/C29H24FN3O2/c30-24-18-16-21(17-19-24)20-31-28-32-26(22-10-4-1-5-11-22)27(23-12-6-2-7-13-23)33(28)29(34)35-25-14-8-3-9-15-25/h1-19,26-27H,20H2,(H,31,32)/t26-,27+/m1/s1. The third-order valence-electron chi connectivity index (χ3n) is 5.86. The molecule has 6 heteroatoms. The van der Waals surface area contributed by atoms with Gasteiger partial charge in [-0.05, 0) is 41.0 Å². The Morgan fingerprint density at radius 3 is 2.00 bits per heavy atom. The van der Waals surface area contributed by atoms with Crippen LogP contribution in [0, 0.1) is 5.82 Å². The molecule has 174 valence electrons. The summed E-state index contributed by atoms with van der Waals surface area (Å²) in [5.74, 6) is 0.552. The lowest BCUT2D eigenvalue weighted by molar-refractivity contribution is 0.162. The summed E-state index contributed by atoms with van der Waals surface area (Å²) in [6, 6.07) is 34.2. The fraction of sp³-hybridized carbons (Fsp3) is 0.103. The Balaban J connectivity index is 1.52. The molecule has 1 heterocycles. The first-order valence-electron chi connectivity index (χ1n) is 11.4. The van der Waals surface area contributed by atoms with Crippen molar-refractivity contribution in [1.82, 2.24) is 10.2 Å². The highest BCUT2D eigenvalue weighted by Crippen LogP contribution is 2.42. The summed E-state index contributed by atoms with van der Waals surface area (Å²) >= 11 is 0. The Labute approximate surface area is 203 Å². The number of guanidine groups is 1. The van der Waals surface area contributed by atoms with Gasteiger partial charge in [-0.25, -0.2) is 19.1 Å². The molecule has 0 aromatic heterocycles. The molecule has 0 bridgehead atoms. The van der Waals surface area contributed by atoms with Crippen LogP contribution in [0.1, 0.15) is 28.8 Å². The number of nitrogens with zero attached hydrogens (tertiary/aromatic N) is 2. The quantitative estimate of drug-likeness (QED) is 0.378. The summed E-state index contributed by atoms with van der Waals surface area (Å²) in [5, 5.41) is 3.29. The lowest BCUT2D eigenvalue weighted by atomic mass is 9.94. The molecule has 5 rings (SSSR count). The van der Waals surface area contributed by atoms with E-state index < -0.39 is 12.1 Å². The summed E-state index contributed by atoms with van der Waals surface area (Å²) in [5.41, 5.74) is 2.79. The first-order valence-corrected chi connectivity index (χ1v) is 11.4. The Bertz CT molecular complexity index is 1300. The topological polar surface area (TPSA) is 53.9 Å². The Morgan fingerprint density at radius 1 is 0.800 bits per heavy atom. The van der Waals surface area contributed by atoms with E-state index in [1.807, 2.05) is 78.9 Å². The van der Waals surface area contributed by atoms with Crippen LogP contribution in [0.15, 0.2) is 120 Å². The second-order valence-corrected chi connectivity index (χ2v) is 8.19. The predicted octanol–water partition coefficient (Wildman–Crippen LogP) is 6.27. The van der Waals surface area contributed by atoms with Crippen LogP contribution < -0.4 is 10.1 Å². The number of hydrogen-bond donors (Lipinski definition) is 1. The number of amides is 1. The molecule has 0 fully saturated rings. The number of benzene rings is 4. The van der Waals surface area contributed by atoms with Crippen LogP contribution in [-0.2, 0) is 6.54 Å². The van der Waals surface area contributed by atoms with E-state index in [1.165, 1.54) is 12.1 Å². The van der Waals surface area contributed by atoms with Crippen molar-refractivity contribution in [3.05, 3.63) is 138 Å². The molecule has 2 atom stereocenters. The van der Waals surface area contributed by atoms with Crippen molar-refractivity contribution >= 4 is 12.1 Å². The Kier molecular flexibility index (Phi) is 6.52. The molecule has 0 saturated heterocycles. The van der Waals surface area contributed by atoms with Crippen molar-refractivity contribution in [3.63, 3.8) is 0 Å². The van der Waals surface area contributed by atoms with E-state index in [0.717, 1.165) is 16.7 Å². The maximum Gasteiger partial charge on any atom is 0.422 e. The molecule has 0 radical (unpaired) electrons. The van der Waals surface area contributed by atoms with Gasteiger partial charge < -0.3 is 10.1 Å². The Hall–Kier alpha value is -4.45. The first kappa shape index (κ1) is 22.3. The maximum atomic E-state index is 13.6. The smallest absolute Gasteiger partial charge is 0.410 e. The van der Waals surface area contributed by atoms with Gasteiger partial charge in [0.15, 0.2) is 0 Å². The highest BCUT2D eigenvalue weighted by atomic mass is 19.1. The molecule has 0 spiro atoms. The van der Waals surface area contributed by atoms with Crippen molar-refractivity contribution in [2.75, 3.05) is 0 Å². The van der Waals surface area contributed by atoms with Crippen LogP contribution >= 0.6 is 0 Å². The molecule has 1 N–H and O–H groups in total. The van der Waals surface area contributed by atoms with Crippen molar-refractivity contribution in [1.29, 1.82) is 0 Å². The highest BCUT2D eigenvalue weighted by Gasteiger charge is 2.43. The molecule has 0 aliphatic carbocycles. The number of halogens is 1. The second kappa shape index (κ2) is 10.2. The van der Waals surface area contributed by atoms with E-state index >= 15 is 0 Å². The normalized spacial score (nSPS) is 17.1. The molecule has 0 unspecified atom stereocenters. The van der Waals surface area contributed by atoms with Crippen molar-refractivity contribution in [3.8, 4) is 5.75 Å². The zero-order chi connectivity index (χ0) is 24.0. The van der Waals surface area contributed by atoms with E-state index in [-0.39, 0.29) is 11.9 Å². The summed E-state index contributed by atoms with van der Waals surface area (Å²) in [4.78, 5) is 20.1. The summed E-state index contributed by atoms with van der Waals surface area (Å²) in [6.45, 7) is 0.372. The monoisotopic (exact) mass is 465 g/mol. The third kappa shape index (κ3) is 5.06. The van der Waals surface area contributed by atoms with Crippen LogP contribution in [0.4, 0.5) is 9.18 Å². The molecule has 0 saturated carbocycles. The fourth-order valence-corrected chi connectivity index (χ4v) is 4.18. The van der Waals surface area contributed by atoms with Gasteiger partial charge in [-0.15, -0.1) is 0 Å². The van der Waals surface area contributed by atoms with E-state index in [0.29, 0.717) is 18.3 Å². The van der Waals surface area contributed by atoms with Gasteiger partial charge in [0, 0.05) is 6.54 Å². The van der Waals surface area contributed by atoms with Gasteiger partial charge in [-0.2, -0.15) is 0 Å². The minimum atomic E-state index is -0.533. The number of aliphatic imine (C=N–C) groups is 1. The van der Waals surface area contributed by atoms with Crippen LogP contribution in [0.25, 0.3) is 0 Å². The van der Waals surface area contributed by atoms with E-state index in [4.69, 9.17) is 9.73 Å². The summed E-state index contributed by atoms with van der Waals surface area (Å²) in [7, 11) is 0. The molecule has 1 aliphatic rings. The molecular formula is C29H24FN3O2. The fourth-order valence-electron chi connectivity index (χ4n) is 4.18. The molecule has 5 nitrogen and oxygen atoms in total. The van der Waals surface area contributed by atoms with E-state index in [9.17, 15) is 9.18 Å². The zero-order valence-electron chi connectivity index (χ0n) is 18.9. The van der Waals surface area contributed by atoms with E-state index in [1.54, 1.807) is 29.2 Å². The lowest BCUT2D eigenvalue weighted by Gasteiger charge is -2.28. The average Bonchev–Trinajstić information content (AvgIpc) is 3.30. The van der Waals surface area contributed by atoms with Gasteiger partial charge in [-0.1, -0.05) is 91.0 Å². The van der Waals surface area contributed by atoms with Gasteiger partial charge in [-0.3, -0.25) is 0 Å². The molecule has 35 heavy (non-hydrogen) atoms. The molecule has 4 aromatic carbocycles. The maximum absolute atomic E-state index is 13.6. The minimum Gasteiger partial charge on any atom is -0.410 e. The number of nitrogens with one attached hydrogen (secondary N) is 1. The van der Waals surface area contributed by atoms with Gasteiger partial charge >= 0.3 is 6.09 Å². The molecule has 4 aromatic rings. The molecular weight excluding hydrogens is 441 g/mol. The summed E-state index contributed by atoms with van der Waals surface area (Å²) in [6.07, 6.45) is -0.533. The van der Waals surface area contributed by atoms with Crippen molar-refractivity contribution < 1.29 is 13.9 Å². The van der Waals surface area contributed by atoms with Gasteiger partial charge in [0.25, 0.3) is 0 Å². The summed E-state index contributed by atoms with van der Waals surface area (Å²) < 4.78 is 19.1. The second-order valence-electron chi connectivity index (χ2n) is 8.19. The first-order chi connectivity index (χ1) is 17.2. The lowest BCUT2D eigenvalue weighted by Crippen LogP contribution is -2.45. The highest BCUT2D eigenvalue weighted by molar-refractivity contribution is 5.97. The third-order valence-corrected chi connectivity index (χ3v) is 5.86. The zero-order valence-corrected chi connectivity index (χ0v) is 18.9. The van der Waals surface area contributed by atoms with E-state index in [2.05, 4.69) is 5.32 Å². The van der Waals surface area contributed by atoms with Crippen molar-refractivity contribution in [2.24, 2.45) is 4.99 Å². The van der Waals surface area contributed by atoms with Crippen LogP contribution in [0.2, 0.25) is 0 Å². The van der Waals surface area contributed by atoms with Crippen LogP contribution in [0.3, 0.4) is 0 Å². The van der Waals surface area contributed by atoms with Crippen LogP contribution in [-0.4, -0.2) is 17.0 Å². The SMILES string of the molecule is O=C(Oc1ccccc1)N1C(NCc2ccc(F)cc2)=N[C@H](c2ccccc2)[C@@H]1c1ccccc1. The number of carbonyl (C=O) groups is 1. The number of rotatable bonds is 5. The van der Waals surface area contributed by atoms with Crippen molar-refractivity contribution in [2.45, 2.75) is 18.6 Å². The number of hydrogen-bond acceptors (Lipinski definition) is 4. The van der Waals surface area contributed by atoms with Gasteiger partial charge in [0.1, 0.15) is 17.6 Å². The number of ether oxygens (including phenoxy) is 1. The number of carbonyl (C=O) groups excluding carboxylic acids is 1. The average molecular weight is 466 g/mol. The van der Waals surface area contributed by atoms with Gasteiger partial charge in [0.05, 0.1) is 6.04 Å². The molecule has 1 aliphatic heterocycles. The minimum absolute atomic E-state index is 0.298. The largest absolute Gasteiger partial charge is 0.422 e. The van der Waals surface area contributed by atoms with Gasteiger partial charge in [0.2, 0.25) is 5.96 Å². The predicted molar refractivity (Wildman–Crippen MR) is 133 cm³/mol. The van der Waals surface area contributed by atoms with Crippen LogP contribution in [0.5, 0.6) is 5.75 Å². The Morgan fingerprint density at radius 2 is 1.37 bits per heavy atom. The molecule has 1 amide bonds.